The van der Waals surface area contributed by atoms with Crippen molar-refractivity contribution in [1.29, 1.82) is 0 Å². The summed E-state index contributed by atoms with van der Waals surface area (Å²) in [6.45, 7) is 6.86. The van der Waals surface area contributed by atoms with E-state index in [4.69, 9.17) is 21.3 Å². The van der Waals surface area contributed by atoms with Crippen molar-refractivity contribution in [2.24, 2.45) is 5.41 Å². The molecule has 44 heavy (non-hydrogen) atoms. The second kappa shape index (κ2) is 12.7. The van der Waals surface area contributed by atoms with Crippen molar-refractivity contribution in [1.82, 2.24) is 9.55 Å². The molecule has 226 valence electrons. The number of pyridine rings is 1. The van der Waals surface area contributed by atoms with Crippen molar-refractivity contribution in [2.75, 3.05) is 0 Å². The third kappa shape index (κ3) is 6.24. The lowest BCUT2D eigenvalue weighted by atomic mass is 9.87. The third-order valence-corrected chi connectivity index (χ3v) is 10.1. The highest BCUT2D eigenvalue weighted by molar-refractivity contribution is 8.00. The minimum atomic E-state index is -0.919. The Morgan fingerprint density at radius 3 is 2.50 bits per heavy atom. The van der Waals surface area contributed by atoms with Crippen molar-refractivity contribution in [3.05, 3.63) is 113 Å². The molecule has 5 aromatic rings. The van der Waals surface area contributed by atoms with Gasteiger partial charge in [0.25, 0.3) is 0 Å². The van der Waals surface area contributed by atoms with E-state index >= 15 is 0 Å². The molecule has 0 spiro atoms. The van der Waals surface area contributed by atoms with Crippen LogP contribution >= 0.6 is 23.4 Å². The van der Waals surface area contributed by atoms with E-state index in [1.54, 1.807) is 0 Å². The molecule has 0 fully saturated rings. The zero-order chi connectivity index (χ0) is 30.8. The zero-order valence-electron chi connectivity index (χ0n) is 25.3. The van der Waals surface area contributed by atoms with Gasteiger partial charge < -0.3 is 14.4 Å². The number of benzene rings is 3. The highest BCUT2D eigenvalue weighted by Crippen LogP contribution is 2.49. The topological polar surface area (TPSA) is 64.3 Å². The van der Waals surface area contributed by atoms with Gasteiger partial charge in [0.2, 0.25) is 0 Å². The van der Waals surface area contributed by atoms with Crippen LogP contribution in [0.5, 0.6) is 5.75 Å². The Labute approximate surface area is 268 Å². The number of carbonyl (C=O) groups is 1. The van der Waals surface area contributed by atoms with E-state index in [0.29, 0.717) is 29.8 Å². The Hall–Kier alpha value is -3.74. The number of aromatic nitrogens is 2. The number of ether oxygens (including phenoxy) is 1. The normalized spacial score (nSPS) is 14.6. The van der Waals surface area contributed by atoms with Crippen LogP contribution in [0.2, 0.25) is 5.02 Å². The summed E-state index contributed by atoms with van der Waals surface area (Å²) in [6, 6.07) is 26.5. The van der Waals surface area contributed by atoms with E-state index < -0.39 is 11.4 Å². The smallest absolute Gasteiger partial charge is 0.309 e. The predicted molar refractivity (Wildman–Crippen MR) is 180 cm³/mol. The van der Waals surface area contributed by atoms with Gasteiger partial charge in [-0.1, -0.05) is 73.5 Å². The van der Waals surface area contributed by atoms with Gasteiger partial charge in [-0.15, -0.1) is 11.8 Å². The first kappa shape index (κ1) is 30.3. The van der Waals surface area contributed by atoms with Crippen LogP contribution in [0.3, 0.4) is 0 Å². The molecule has 6 rings (SSSR count). The summed E-state index contributed by atoms with van der Waals surface area (Å²) in [4.78, 5) is 18.2. The van der Waals surface area contributed by atoms with E-state index in [-0.39, 0.29) is 0 Å². The first-order valence-corrected chi connectivity index (χ1v) is 16.4. The number of thioether (sulfide) groups is 1. The second-order valence-corrected chi connectivity index (χ2v) is 14.0. The van der Waals surface area contributed by atoms with Crippen LogP contribution in [0.15, 0.2) is 90.0 Å². The highest BCUT2D eigenvalue weighted by atomic mass is 35.5. The molecule has 0 aliphatic carbocycles. The maximum atomic E-state index is 12.3. The summed E-state index contributed by atoms with van der Waals surface area (Å²) in [6.07, 6.45) is 5.40. The average molecular weight is 625 g/mol. The minimum absolute atomic E-state index is 0.374. The van der Waals surface area contributed by atoms with Gasteiger partial charge in [0, 0.05) is 56.5 Å². The second-order valence-electron chi connectivity index (χ2n) is 12.2. The highest BCUT2D eigenvalue weighted by Gasteiger charge is 2.35. The van der Waals surface area contributed by atoms with Crippen molar-refractivity contribution in [3.8, 4) is 16.9 Å². The molecule has 7 heteroatoms. The number of halogens is 1. The molecule has 3 heterocycles. The number of hydrogen-bond donors (Lipinski definition) is 1. The fraction of sp³-hybridized carbons (Fsp3) is 0.297. The van der Waals surface area contributed by atoms with Crippen LogP contribution < -0.4 is 4.74 Å². The van der Waals surface area contributed by atoms with Gasteiger partial charge in [0.05, 0.1) is 16.6 Å². The Balaban J connectivity index is 1.40. The van der Waals surface area contributed by atoms with Gasteiger partial charge in [0.1, 0.15) is 12.4 Å². The summed E-state index contributed by atoms with van der Waals surface area (Å²) >= 11 is 8.10. The van der Waals surface area contributed by atoms with Gasteiger partial charge in [-0.05, 0) is 68.1 Å². The maximum Gasteiger partial charge on any atom is 0.309 e. The Morgan fingerprint density at radius 2 is 1.82 bits per heavy atom. The number of hydrogen-bond acceptors (Lipinski definition) is 4. The Bertz CT molecular complexity index is 1780. The van der Waals surface area contributed by atoms with Crippen LogP contribution in [0.4, 0.5) is 0 Å². The van der Waals surface area contributed by atoms with Gasteiger partial charge in [-0.2, -0.15) is 0 Å². The molecular formula is C37H37ClN2O3S. The number of carboxylic acid groups (broad SMARTS) is 1. The summed E-state index contributed by atoms with van der Waals surface area (Å²) < 4.78 is 8.83. The lowest BCUT2D eigenvalue weighted by Crippen LogP contribution is -2.28. The standard InChI is InChI=1S/C37H37ClN2O3S/c1-4-8-29-19-30-33(43-23-28-16-13-26(21-39-28)25-9-6-5-7-10-25)18-17-31-34(30)35(44-29)32(20-37(2,3)36(41)42)40(31)22-24-11-14-27(38)15-12-24/h5-7,9-18,21,29H,4,8,19-20,22-23H2,1-3H3,(H,41,42). The van der Waals surface area contributed by atoms with Crippen molar-refractivity contribution in [2.45, 2.75) is 69.8 Å². The van der Waals surface area contributed by atoms with Crippen LogP contribution in [-0.2, 0) is 30.8 Å². The fourth-order valence-electron chi connectivity index (χ4n) is 5.98. The first-order chi connectivity index (χ1) is 21.2. The van der Waals surface area contributed by atoms with Crippen molar-refractivity contribution in [3.63, 3.8) is 0 Å². The largest absolute Gasteiger partial charge is 0.487 e. The first-order valence-electron chi connectivity index (χ1n) is 15.2. The summed E-state index contributed by atoms with van der Waals surface area (Å²) in [5, 5.41) is 12.4. The number of rotatable bonds is 11. The Kier molecular flexibility index (Phi) is 8.75. The molecule has 0 amide bonds. The molecule has 1 unspecified atom stereocenters. The molecule has 1 aliphatic heterocycles. The van der Waals surface area contributed by atoms with Crippen LogP contribution in [-0.4, -0.2) is 25.9 Å². The number of nitrogens with zero attached hydrogens (tertiary/aromatic N) is 2. The van der Waals surface area contributed by atoms with E-state index in [2.05, 4.69) is 41.8 Å². The molecule has 0 bridgehead atoms. The summed E-state index contributed by atoms with van der Waals surface area (Å²) in [5.41, 5.74) is 6.68. The van der Waals surface area contributed by atoms with Gasteiger partial charge in [-0.3, -0.25) is 9.78 Å². The molecule has 5 nitrogen and oxygen atoms in total. The van der Waals surface area contributed by atoms with E-state index in [9.17, 15) is 9.90 Å². The minimum Gasteiger partial charge on any atom is -0.487 e. The van der Waals surface area contributed by atoms with Crippen LogP contribution in [0.1, 0.15) is 56.1 Å². The van der Waals surface area contributed by atoms with Gasteiger partial charge in [-0.25, -0.2) is 0 Å². The van der Waals surface area contributed by atoms with Crippen molar-refractivity contribution >= 4 is 40.2 Å². The molecule has 1 N–H and O–H groups in total. The average Bonchev–Trinajstić information content (AvgIpc) is 3.30. The molecular weight excluding hydrogens is 588 g/mol. The number of aliphatic carboxylic acids is 1. The van der Waals surface area contributed by atoms with Crippen LogP contribution in [0.25, 0.3) is 22.0 Å². The lowest BCUT2D eigenvalue weighted by Gasteiger charge is -2.26. The molecule has 2 aromatic heterocycles. The maximum absolute atomic E-state index is 12.3. The van der Waals surface area contributed by atoms with E-state index in [1.165, 1.54) is 15.8 Å². The monoisotopic (exact) mass is 624 g/mol. The van der Waals surface area contributed by atoms with Crippen molar-refractivity contribution < 1.29 is 14.6 Å². The lowest BCUT2D eigenvalue weighted by molar-refractivity contribution is -0.146. The zero-order valence-corrected chi connectivity index (χ0v) is 26.9. The number of carboxylic acids is 1. The van der Waals surface area contributed by atoms with E-state index in [0.717, 1.165) is 58.6 Å². The molecule has 1 atom stereocenters. The summed E-state index contributed by atoms with van der Waals surface area (Å²) in [5.74, 6) is 0.0794. The quantitative estimate of drug-likeness (QED) is 0.159. The predicted octanol–water partition coefficient (Wildman–Crippen LogP) is 9.45. The fourth-order valence-corrected chi connectivity index (χ4v) is 7.70. The van der Waals surface area contributed by atoms with E-state index in [1.807, 2.05) is 80.3 Å². The van der Waals surface area contributed by atoms with Gasteiger partial charge in [0.15, 0.2) is 0 Å². The third-order valence-electron chi connectivity index (χ3n) is 8.43. The molecule has 0 saturated carbocycles. The SMILES string of the molecule is CCCC1Cc2c(OCc3ccc(-c4ccccc4)cn3)ccc3c2c(c(CC(C)(C)C(=O)O)n3Cc2ccc(Cl)cc2)S1. The molecule has 1 aliphatic rings. The molecule has 3 aromatic carbocycles. The molecule has 0 radical (unpaired) electrons. The van der Waals surface area contributed by atoms with Gasteiger partial charge >= 0.3 is 5.97 Å². The Morgan fingerprint density at radius 1 is 1.05 bits per heavy atom. The molecule has 0 saturated heterocycles. The summed E-state index contributed by atoms with van der Waals surface area (Å²) in [7, 11) is 0. The van der Waals surface area contributed by atoms with Crippen LogP contribution in [0, 0.1) is 5.41 Å².